The lowest BCUT2D eigenvalue weighted by molar-refractivity contribution is -0.300. The minimum atomic E-state index is -1.17. The number of hydrogen-bond donors (Lipinski definition) is 3. The molecule has 2 saturated heterocycles. The summed E-state index contributed by atoms with van der Waals surface area (Å²) in [7, 11) is 0. The Labute approximate surface area is 155 Å². The molecule has 0 saturated carbocycles. The molecule has 5 atom stereocenters. The number of aromatic nitrogens is 4. The van der Waals surface area contributed by atoms with Crippen molar-refractivity contribution in [2.45, 2.75) is 43.8 Å². The van der Waals surface area contributed by atoms with Crippen LogP contribution in [0.25, 0.3) is 11.2 Å². The smallest absolute Gasteiger partial charge is 0.165 e. The third-order valence-corrected chi connectivity index (χ3v) is 4.49. The highest BCUT2D eigenvalue weighted by Crippen LogP contribution is 2.33. The summed E-state index contributed by atoms with van der Waals surface area (Å²) in [5.41, 5.74) is 1.98. The molecule has 0 spiro atoms. The summed E-state index contributed by atoms with van der Waals surface area (Å²) in [6, 6.07) is 0. The number of rotatable bonds is 3. The monoisotopic (exact) mass is 379 g/mol. The molecule has 0 amide bonds. The third-order valence-electron chi connectivity index (χ3n) is 4.49. The van der Waals surface area contributed by atoms with Gasteiger partial charge in [0.15, 0.2) is 11.9 Å². The van der Waals surface area contributed by atoms with Crippen LogP contribution in [0.15, 0.2) is 25.0 Å². The van der Waals surface area contributed by atoms with Gasteiger partial charge in [-0.25, -0.2) is 15.0 Å². The van der Waals surface area contributed by atoms with Gasteiger partial charge in [0, 0.05) is 12.5 Å². The Morgan fingerprint density at radius 3 is 2.67 bits per heavy atom. The molecule has 2 fully saturated rings. The fourth-order valence-electron chi connectivity index (χ4n) is 3.22. The van der Waals surface area contributed by atoms with E-state index in [0.717, 1.165) is 12.1 Å². The number of hydrogen-bond acceptors (Lipinski definition) is 9. The Kier molecular flexibility index (Phi) is 6.02. The first-order chi connectivity index (χ1) is 12.9. The molecular formula is C17H23N4O6-. The van der Waals surface area contributed by atoms with Gasteiger partial charge in [-0.2, -0.15) is 0 Å². The molecule has 2 aromatic heterocycles. The van der Waals surface area contributed by atoms with Crippen LogP contribution in [0.4, 0.5) is 0 Å². The zero-order valence-electron chi connectivity index (χ0n) is 14.9. The van der Waals surface area contributed by atoms with E-state index in [-0.39, 0.29) is 18.3 Å². The SMILES string of the molecule is C=C(C)[O-].OCC1OC(n2cnc3c(C4CCOC4)ncnc32)C(O)C1O. The predicted octanol–water partition coefficient (Wildman–Crippen LogP) is -1.18. The van der Waals surface area contributed by atoms with E-state index in [1.807, 2.05) is 0 Å². The van der Waals surface area contributed by atoms with Crippen molar-refractivity contribution in [1.82, 2.24) is 19.5 Å². The molecule has 10 nitrogen and oxygen atoms in total. The molecule has 4 heterocycles. The van der Waals surface area contributed by atoms with Crippen LogP contribution >= 0.6 is 0 Å². The van der Waals surface area contributed by atoms with Gasteiger partial charge in [0.25, 0.3) is 0 Å². The first kappa shape index (κ1) is 19.6. The van der Waals surface area contributed by atoms with E-state index in [2.05, 4.69) is 21.5 Å². The van der Waals surface area contributed by atoms with Crippen molar-refractivity contribution >= 4 is 11.2 Å². The maximum absolute atomic E-state index is 10.2. The van der Waals surface area contributed by atoms with Crippen molar-refractivity contribution in [3.05, 3.63) is 30.7 Å². The second-order valence-electron chi connectivity index (χ2n) is 6.57. The summed E-state index contributed by atoms with van der Waals surface area (Å²) in [6.07, 6.45) is -0.169. The fourth-order valence-corrected chi connectivity index (χ4v) is 3.22. The van der Waals surface area contributed by atoms with Gasteiger partial charge in [0.1, 0.15) is 30.2 Å². The van der Waals surface area contributed by atoms with Crippen molar-refractivity contribution in [2.24, 2.45) is 0 Å². The summed E-state index contributed by atoms with van der Waals surface area (Å²) in [5, 5.41) is 38.6. The standard InChI is InChI=1S/C14H18N4O5.C3H6O/c19-3-8-11(20)12(21)14(23-8)18-6-17-10-9(7-1-2-22-4-7)15-5-16-13(10)18;1-3(2)4/h5-8,11-12,14,19-21H,1-4H2;4H,1H2,2H3/p-1. The molecule has 0 aromatic carbocycles. The number of nitrogens with zero attached hydrogens (tertiary/aromatic N) is 4. The number of allylic oxidation sites excluding steroid dienone is 1. The minimum Gasteiger partial charge on any atom is -0.876 e. The molecule has 0 aliphatic carbocycles. The van der Waals surface area contributed by atoms with Gasteiger partial charge in [0.2, 0.25) is 0 Å². The Balaban J connectivity index is 0.000000481. The van der Waals surface area contributed by atoms with Gasteiger partial charge in [-0.3, -0.25) is 4.57 Å². The lowest BCUT2D eigenvalue weighted by atomic mass is 10.0. The minimum absolute atomic E-state index is 0.0833. The Morgan fingerprint density at radius 1 is 1.33 bits per heavy atom. The van der Waals surface area contributed by atoms with Gasteiger partial charge in [0.05, 0.1) is 25.2 Å². The second kappa shape index (κ2) is 8.28. The van der Waals surface area contributed by atoms with Crippen LogP contribution in [0.1, 0.15) is 31.2 Å². The molecule has 27 heavy (non-hydrogen) atoms. The number of ether oxygens (including phenoxy) is 2. The highest BCUT2D eigenvalue weighted by atomic mass is 16.6. The van der Waals surface area contributed by atoms with E-state index >= 15 is 0 Å². The molecule has 148 valence electrons. The Morgan fingerprint density at radius 2 is 2.07 bits per heavy atom. The van der Waals surface area contributed by atoms with Gasteiger partial charge in [-0.1, -0.05) is 6.92 Å². The van der Waals surface area contributed by atoms with Crippen LogP contribution in [0.5, 0.6) is 0 Å². The van der Waals surface area contributed by atoms with E-state index in [1.54, 1.807) is 4.57 Å². The van der Waals surface area contributed by atoms with E-state index in [1.165, 1.54) is 19.6 Å². The molecule has 2 aliphatic rings. The zero-order chi connectivity index (χ0) is 19.6. The van der Waals surface area contributed by atoms with Crippen LogP contribution in [0, 0.1) is 0 Å². The molecule has 3 N–H and O–H groups in total. The lowest BCUT2D eigenvalue weighted by Crippen LogP contribution is -2.33. The predicted molar refractivity (Wildman–Crippen MR) is 91.3 cm³/mol. The van der Waals surface area contributed by atoms with Crippen LogP contribution in [0.3, 0.4) is 0 Å². The molecule has 4 rings (SSSR count). The van der Waals surface area contributed by atoms with Crippen molar-refractivity contribution in [3.63, 3.8) is 0 Å². The lowest BCUT2D eigenvalue weighted by Gasteiger charge is -2.16. The molecule has 2 aliphatic heterocycles. The largest absolute Gasteiger partial charge is 0.876 e. The highest BCUT2D eigenvalue weighted by molar-refractivity contribution is 5.74. The molecule has 0 radical (unpaired) electrons. The molecule has 0 bridgehead atoms. The van der Waals surface area contributed by atoms with Crippen LogP contribution < -0.4 is 5.11 Å². The van der Waals surface area contributed by atoms with Crippen LogP contribution in [-0.4, -0.2) is 73.0 Å². The zero-order valence-corrected chi connectivity index (χ0v) is 14.9. The summed E-state index contributed by atoms with van der Waals surface area (Å²) < 4.78 is 12.5. The van der Waals surface area contributed by atoms with Gasteiger partial charge >= 0.3 is 0 Å². The molecule has 5 unspecified atom stereocenters. The van der Waals surface area contributed by atoms with Crippen molar-refractivity contribution in [1.29, 1.82) is 0 Å². The average Bonchev–Trinajstić information content (AvgIpc) is 3.35. The van der Waals surface area contributed by atoms with E-state index < -0.39 is 24.5 Å². The van der Waals surface area contributed by atoms with E-state index in [9.17, 15) is 20.4 Å². The average molecular weight is 379 g/mol. The normalized spacial score (nSPS) is 30.3. The van der Waals surface area contributed by atoms with Gasteiger partial charge in [-0.15, -0.1) is 12.3 Å². The summed E-state index contributed by atoms with van der Waals surface area (Å²) >= 11 is 0. The molecular weight excluding hydrogens is 356 g/mol. The maximum atomic E-state index is 10.2. The van der Waals surface area contributed by atoms with Crippen molar-refractivity contribution < 1.29 is 29.9 Å². The molecule has 10 heteroatoms. The van der Waals surface area contributed by atoms with Gasteiger partial charge < -0.3 is 29.9 Å². The number of aliphatic hydroxyl groups excluding tert-OH is 3. The molecule has 2 aromatic rings. The first-order valence-corrected chi connectivity index (χ1v) is 8.64. The van der Waals surface area contributed by atoms with Crippen LogP contribution in [0.2, 0.25) is 0 Å². The van der Waals surface area contributed by atoms with E-state index in [0.29, 0.717) is 24.4 Å². The number of imidazole rings is 1. The Hall–Kier alpha value is -2.11. The van der Waals surface area contributed by atoms with E-state index in [4.69, 9.17) is 9.47 Å². The van der Waals surface area contributed by atoms with Crippen molar-refractivity contribution in [3.8, 4) is 0 Å². The Bertz CT molecular complexity index is 787. The van der Waals surface area contributed by atoms with Gasteiger partial charge in [-0.05, 0) is 6.42 Å². The quantitative estimate of drug-likeness (QED) is 0.561. The maximum Gasteiger partial charge on any atom is 0.165 e. The van der Waals surface area contributed by atoms with Crippen molar-refractivity contribution in [2.75, 3.05) is 19.8 Å². The number of aliphatic hydroxyl groups is 3. The van der Waals surface area contributed by atoms with Crippen LogP contribution in [-0.2, 0) is 9.47 Å². The topological polar surface area (TPSA) is 146 Å². The fraction of sp³-hybridized carbons (Fsp3) is 0.588. The summed E-state index contributed by atoms with van der Waals surface area (Å²) in [4.78, 5) is 12.9. The third kappa shape index (κ3) is 3.94. The summed E-state index contributed by atoms with van der Waals surface area (Å²) in [5.74, 6) is 0.0917. The summed E-state index contributed by atoms with van der Waals surface area (Å²) in [6.45, 7) is 5.35. The number of fused-ring (bicyclic) bond motifs is 1. The second-order valence-corrected chi connectivity index (χ2v) is 6.57. The first-order valence-electron chi connectivity index (χ1n) is 8.64. The highest BCUT2D eigenvalue weighted by Gasteiger charge is 2.44.